The Morgan fingerprint density at radius 2 is 2.19 bits per heavy atom. The molecule has 1 saturated heterocycles. The Morgan fingerprint density at radius 1 is 1.38 bits per heavy atom. The molecular formula is C12H20N4. The molecule has 0 amide bonds. The zero-order chi connectivity index (χ0) is 11.0. The summed E-state index contributed by atoms with van der Waals surface area (Å²) in [6, 6.07) is 0. The second-order valence-electron chi connectivity index (χ2n) is 5.41. The maximum atomic E-state index is 4.32. The molecule has 1 spiro atoms. The second kappa shape index (κ2) is 3.84. The van der Waals surface area contributed by atoms with Crippen molar-refractivity contribution in [2.75, 3.05) is 13.1 Å². The largest absolute Gasteiger partial charge is 0.320 e. The summed E-state index contributed by atoms with van der Waals surface area (Å²) in [6.07, 6.45) is 8.72. The molecule has 1 unspecified atom stereocenters. The number of aromatic nitrogens is 3. The Hall–Kier alpha value is -0.900. The van der Waals surface area contributed by atoms with Crippen molar-refractivity contribution >= 4 is 0 Å². The fourth-order valence-corrected chi connectivity index (χ4v) is 3.56. The highest BCUT2D eigenvalue weighted by Crippen LogP contribution is 2.48. The number of nitrogens with one attached hydrogen (secondary N) is 1. The molecule has 0 aromatic carbocycles. The van der Waals surface area contributed by atoms with E-state index in [4.69, 9.17) is 0 Å². The first-order valence-corrected chi connectivity index (χ1v) is 6.36. The molecule has 4 heteroatoms. The summed E-state index contributed by atoms with van der Waals surface area (Å²) >= 11 is 0. The minimum Gasteiger partial charge on any atom is -0.320 e. The van der Waals surface area contributed by atoms with E-state index in [9.17, 15) is 0 Å². The van der Waals surface area contributed by atoms with Gasteiger partial charge in [-0.2, -0.15) is 0 Å². The molecular weight excluding hydrogens is 200 g/mol. The summed E-state index contributed by atoms with van der Waals surface area (Å²) < 4.78 is 2.09. The lowest BCUT2D eigenvalue weighted by molar-refractivity contribution is 0.183. The van der Waals surface area contributed by atoms with Crippen molar-refractivity contribution in [2.24, 2.45) is 12.5 Å². The van der Waals surface area contributed by atoms with Crippen LogP contribution in [0.4, 0.5) is 0 Å². The van der Waals surface area contributed by atoms with Crippen molar-refractivity contribution in [1.29, 1.82) is 0 Å². The first kappa shape index (κ1) is 10.3. The first-order chi connectivity index (χ1) is 7.82. The zero-order valence-corrected chi connectivity index (χ0v) is 9.95. The molecule has 1 aliphatic carbocycles. The number of rotatable bonds is 1. The van der Waals surface area contributed by atoms with Crippen LogP contribution in [0.1, 0.15) is 43.8 Å². The van der Waals surface area contributed by atoms with Gasteiger partial charge < -0.3 is 9.88 Å². The third kappa shape index (κ3) is 1.47. The molecule has 0 bridgehead atoms. The Morgan fingerprint density at radius 3 is 2.88 bits per heavy atom. The minimum absolute atomic E-state index is 0.471. The first-order valence-electron chi connectivity index (χ1n) is 6.36. The van der Waals surface area contributed by atoms with Crippen molar-refractivity contribution in [3.63, 3.8) is 0 Å². The van der Waals surface area contributed by atoms with Crippen LogP contribution in [-0.4, -0.2) is 27.9 Å². The highest BCUT2D eigenvalue weighted by molar-refractivity contribution is 5.11. The van der Waals surface area contributed by atoms with Gasteiger partial charge in [-0.1, -0.05) is 19.3 Å². The maximum Gasteiger partial charge on any atom is 0.137 e. The number of hydrogen-bond donors (Lipinski definition) is 1. The fraction of sp³-hybridized carbons (Fsp3) is 0.833. The Labute approximate surface area is 96.4 Å². The van der Waals surface area contributed by atoms with Crippen LogP contribution in [0.2, 0.25) is 0 Å². The fourth-order valence-electron chi connectivity index (χ4n) is 3.56. The third-order valence-electron chi connectivity index (χ3n) is 4.47. The number of nitrogens with zero attached hydrogens (tertiary/aromatic N) is 3. The normalized spacial score (nSPS) is 28.7. The molecule has 3 rings (SSSR count). The van der Waals surface area contributed by atoms with E-state index in [1.54, 1.807) is 0 Å². The Bertz CT molecular complexity index is 365. The minimum atomic E-state index is 0.471. The van der Waals surface area contributed by atoms with Gasteiger partial charge in [0.2, 0.25) is 0 Å². The predicted molar refractivity (Wildman–Crippen MR) is 62.1 cm³/mol. The van der Waals surface area contributed by atoms with Gasteiger partial charge in [-0.15, -0.1) is 10.2 Å². The highest BCUT2D eigenvalue weighted by Gasteiger charge is 2.45. The summed E-state index contributed by atoms with van der Waals surface area (Å²) in [5, 5.41) is 11.9. The maximum absolute atomic E-state index is 4.32. The Kier molecular flexibility index (Phi) is 2.46. The summed E-state index contributed by atoms with van der Waals surface area (Å²) in [6.45, 7) is 2.25. The molecule has 16 heavy (non-hydrogen) atoms. The van der Waals surface area contributed by atoms with Crippen LogP contribution in [-0.2, 0) is 7.05 Å². The SMILES string of the molecule is Cn1cnnc1C1CNCC12CCCCC2. The van der Waals surface area contributed by atoms with E-state index in [0.29, 0.717) is 11.3 Å². The molecule has 2 heterocycles. The lowest BCUT2D eigenvalue weighted by Gasteiger charge is -2.37. The Balaban J connectivity index is 1.91. The van der Waals surface area contributed by atoms with Crippen molar-refractivity contribution < 1.29 is 0 Å². The van der Waals surface area contributed by atoms with E-state index in [2.05, 4.69) is 27.1 Å². The van der Waals surface area contributed by atoms with Crippen LogP contribution in [0.15, 0.2) is 6.33 Å². The van der Waals surface area contributed by atoms with Gasteiger partial charge in [0.1, 0.15) is 12.2 Å². The van der Waals surface area contributed by atoms with E-state index in [-0.39, 0.29) is 0 Å². The topological polar surface area (TPSA) is 42.7 Å². The molecule has 4 nitrogen and oxygen atoms in total. The summed E-state index contributed by atoms with van der Waals surface area (Å²) in [5.74, 6) is 1.74. The monoisotopic (exact) mass is 220 g/mol. The number of hydrogen-bond acceptors (Lipinski definition) is 3. The van der Waals surface area contributed by atoms with E-state index in [1.807, 2.05) is 6.33 Å². The molecule has 1 N–H and O–H groups in total. The third-order valence-corrected chi connectivity index (χ3v) is 4.47. The smallest absolute Gasteiger partial charge is 0.137 e. The predicted octanol–water partition coefficient (Wildman–Crippen LogP) is 1.45. The molecule has 1 aliphatic heterocycles. The highest BCUT2D eigenvalue weighted by atomic mass is 15.3. The van der Waals surface area contributed by atoms with Gasteiger partial charge in [-0.3, -0.25) is 0 Å². The van der Waals surface area contributed by atoms with Gasteiger partial charge in [0.25, 0.3) is 0 Å². The lowest BCUT2D eigenvalue weighted by atomic mass is 9.67. The second-order valence-corrected chi connectivity index (χ2v) is 5.41. The average molecular weight is 220 g/mol. The zero-order valence-electron chi connectivity index (χ0n) is 9.95. The molecule has 1 atom stereocenters. The van der Waals surface area contributed by atoms with Crippen LogP contribution in [0.25, 0.3) is 0 Å². The average Bonchev–Trinajstić information content (AvgIpc) is 2.87. The van der Waals surface area contributed by atoms with E-state index < -0.39 is 0 Å². The quantitative estimate of drug-likeness (QED) is 0.779. The summed E-state index contributed by atoms with van der Waals surface area (Å²) in [7, 11) is 2.06. The van der Waals surface area contributed by atoms with Crippen molar-refractivity contribution in [3.8, 4) is 0 Å². The van der Waals surface area contributed by atoms with Gasteiger partial charge in [0.05, 0.1) is 0 Å². The van der Waals surface area contributed by atoms with Gasteiger partial charge in [-0.05, 0) is 18.3 Å². The molecule has 1 aromatic rings. The van der Waals surface area contributed by atoms with Crippen LogP contribution in [0.5, 0.6) is 0 Å². The van der Waals surface area contributed by atoms with Gasteiger partial charge in [0, 0.05) is 26.1 Å². The van der Waals surface area contributed by atoms with Crippen molar-refractivity contribution in [1.82, 2.24) is 20.1 Å². The summed E-state index contributed by atoms with van der Waals surface area (Å²) in [4.78, 5) is 0. The molecule has 2 aliphatic rings. The van der Waals surface area contributed by atoms with Crippen molar-refractivity contribution in [3.05, 3.63) is 12.2 Å². The molecule has 2 fully saturated rings. The van der Waals surface area contributed by atoms with E-state index in [1.165, 1.54) is 44.5 Å². The van der Waals surface area contributed by atoms with Crippen molar-refractivity contribution in [2.45, 2.75) is 38.0 Å². The van der Waals surface area contributed by atoms with Crippen LogP contribution in [0, 0.1) is 5.41 Å². The van der Waals surface area contributed by atoms with Crippen LogP contribution < -0.4 is 5.32 Å². The van der Waals surface area contributed by atoms with E-state index >= 15 is 0 Å². The molecule has 0 radical (unpaired) electrons. The van der Waals surface area contributed by atoms with Crippen LogP contribution >= 0.6 is 0 Å². The van der Waals surface area contributed by atoms with E-state index in [0.717, 1.165) is 6.54 Å². The lowest BCUT2D eigenvalue weighted by Crippen LogP contribution is -2.32. The molecule has 1 aromatic heterocycles. The van der Waals surface area contributed by atoms with Gasteiger partial charge >= 0.3 is 0 Å². The van der Waals surface area contributed by atoms with Gasteiger partial charge in [-0.25, -0.2) is 0 Å². The molecule has 88 valence electrons. The standard InChI is InChI=1S/C12H20N4/c1-16-9-14-15-11(16)10-7-13-8-12(10)5-3-2-4-6-12/h9-10,13H,2-8H2,1H3. The number of aryl methyl sites for hydroxylation is 1. The van der Waals surface area contributed by atoms with Crippen LogP contribution in [0.3, 0.4) is 0 Å². The van der Waals surface area contributed by atoms with Gasteiger partial charge in [0.15, 0.2) is 0 Å². The summed E-state index contributed by atoms with van der Waals surface area (Å²) in [5.41, 5.74) is 0.471. The molecule has 1 saturated carbocycles.